The molecule has 0 N–H and O–H groups in total. The molecule has 1 aromatic rings. The van der Waals surface area contributed by atoms with Gasteiger partial charge in [-0.25, -0.2) is 8.42 Å². The summed E-state index contributed by atoms with van der Waals surface area (Å²) in [5, 5.41) is 1.58. The van der Waals surface area contributed by atoms with Gasteiger partial charge in [0.2, 0.25) is 10.0 Å². The van der Waals surface area contributed by atoms with E-state index in [0.717, 1.165) is 22.8 Å². The lowest BCUT2D eigenvalue weighted by molar-refractivity contribution is -0.155. The number of sulfonamides is 1. The first-order chi connectivity index (χ1) is 12.0. The minimum Gasteiger partial charge on any atom is -0.459 e. The molecule has 1 saturated heterocycles. The molecule has 7 nitrogen and oxygen atoms in total. The van der Waals surface area contributed by atoms with Gasteiger partial charge in [-0.15, -0.1) is 11.3 Å². The standard InChI is InChI=1S/C16H24N2O5S3/c1-16(2,3)23-13(19)11-17(4)15(20)14-12(5-8-25-14)26(21,22)18-6-9-24-10-7-18/h5,8H,6-7,9-11H2,1-4H3. The number of carbonyl (C=O) groups is 2. The number of nitrogens with zero attached hydrogens (tertiary/aromatic N) is 2. The Balaban J connectivity index is 2.16. The summed E-state index contributed by atoms with van der Waals surface area (Å²) < 4.78 is 32.4. The molecule has 0 aromatic carbocycles. The molecule has 26 heavy (non-hydrogen) atoms. The third-order valence-electron chi connectivity index (χ3n) is 3.54. The normalized spacial score (nSPS) is 16.3. The Morgan fingerprint density at radius 1 is 1.27 bits per heavy atom. The van der Waals surface area contributed by atoms with E-state index in [9.17, 15) is 18.0 Å². The van der Waals surface area contributed by atoms with Crippen molar-refractivity contribution in [1.29, 1.82) is 0 Å². The maximum absolute atomic E-state index is 12.9. The zero-order chi connectivity index (χ0) is 19.5. The van der Waals surface area contributed by atoms with Gasteiger partial charge in [-0.3, -0.25) is 9.59 Å². The monoisotopic (exact) mass is 420 g/mol. The van der Waals surface area contributed by atoms with Crippen LogP contribution in [0.25, 0.3) is 0 Å². The first kappa shape index (κ1) is 21.2. The smallest absolute Gasteiger partial charge is 0.326 e. The molecule has 0 atom stereocenters. The number of thioether (sulfide) groups is 1. The molecule has 1 aliphatic rings. The van der Waals surface area contributed by atoms with Gasteiger partial charge in [0, 0.05) is 31.6 Å². The first-order valence-corrected chi connectivity index (χ1v) is 11.6. The predicted molar refractivity (Wildman–Crippen MR) is 103 cm³/mol. The van der Waals surface area contributed by atoms with Gasteiger partial charge in [0.25, 0.3) is 5.91 Å². The van der Waals surface area contributed by atoms with Crippen molar-refractivity contribution in [2.75, 3.05) is 38.2 Å². The van der Waals surface area contributed by atoms with Gasteiger partial charge in [-0.2, -0.15) is 16.1 Å². The number of esters is 1. The number of likely N-dealkylation sites (N-methyl/N-ethyl adjacent to an activating group) is 1. The molecule has 2 rings (SSSR count). The number of ether oxygens (including phenoxy) is 1. The van der Waals surface area contributed by atoms with Crippen LogP contribution in [0, 0.1) is 0 Å². The third-order valence-corrected chi connectivity index (χ3v) is 7.46. The summed E-state index contributed by atoms with van der Waals surface area (Å²) in [6.07, 6.45) is 0. The molecular formula is C16H24N2O5S3. The summed E-state index contributed by atoms with van der Waals surface area (Å²) in [6, 6.07) is 1.45. The lowest BCUT2D eigenvalue weighted by Gasteiger charge is -2.26. The molecule has 2 heterocycles. The highest BCUT2D eigenvalue weighted by molar-refractivity contribution is 7.99. The van der Waals surface area contributed by atoms with Crippen molar-refractivity contribution in [3.8, 4) is 0 Å². The summed E-state index contributed by atoms with van der Waals surface area (Å²) >= 11 is 2.77. The maximum Gasteiger partial charge on any atom is 0.326 e. The summed E-state index contributed by atoms with van der Waals surface area (Å²) in [5.74, 6) is 0.439. The van der Waals surface area contributed by atoms with E-state index in [0.29, 0.717) is 13.1 Å². The van der Waals surface area contributed by atoms with Crippen LogP contribution in [0.4, 0.5) is 0 Å². The Labute approximate surface area is 162 Å². The second kappa shape index (κ2) is 8.28. The van der Waals surface area contributed by atoms with Crippen LogP contribution in [0.3, 0.4) is 0 Å². The lowest BCUT2D eigenvalue weighted by atomic mass is 10.2. The highest BCUT2D eigenvalue weighted by Crippen LogP contribution is 2.28. The fourth-order valence-corrected chi connectivity index (χ4v) is 6.36. The maximum atomic E-state index is 12.9. The number of amides is 1. The van der Waals surface area contributed by atoms with Crippen molar-refractivity contribution in [3.05, 3.63) is 16.3 Å². The number of rotatable bonds is 5. The van der Waals surface area contributed by atoms with Crippen molar-refractivity contribution in [3.63, 3.8) is 0 Å². The molecule has 1 aliphatic heterocycles. The summed E-state index contributed by atoms with van der Waals surface area (Å²) in [5.41, 5.74) is -0.648. The summed E-state index contributed by atoms with van der Waals surface area (Å²) in [4.78, 5) is 25.9. The quantitative estimate of drug-likeness (QED) is 0.677. The average molecular weight is 421 g/mol. The van der Waals surface area contributed by atoms with Crippen LogP contribution >= 0.6 is 23.1 Å². The van der Waals surface area contributed by atoms with Crippen molar-refractivity contribution in [2.24, 2.45) is 0 Å². The van der Waals surface area contributed by atoms with Crippen molar-refractivity contribution < 1.29 is 22.7 Å². The zero-order valence-corrected chi connectivity index (χ0v) is 17.8. The van der Waals surface area contributed by atoms with Crippen LogP contribution in [0.15, 0.2) is 16.3 Å². The minimum absolute atomic E-state index is 0.00967. The van der Waals surface area contributed by atoms with Crippen molar-refractivity contribution in [1.82, 2.24) is 9.21 Å². The second-order valence-corrected chi connectivity index (χ2v) is 10.9. The van der Waals surface area contributed by atoms with E-state index in [-0.39, 0.29) is 16.3 Å². The molecule has 1 aromatic heterocycles. The molecule has 0 bridgehead atoms. The van der Waals surface area contributed by atoms with E-state index in [1.54, 1.807) is 37.9 Å². The van der Waals surface area contributed by atoms with E-state index in [1.807, 2.05) is 0 Å². The van der Waals surface area contributed by atoms with Gasteiger partial charge in [0.05, 0.1) is 0 Å². The van der Waals surface area contributed by atoms with E-state index in [2.05, 4.69) is 0 Å². The first-order valence-electron chi connectivity index (χ1n) is 8.15. The largest absolute Gasteiger partial charge is 0.459 e. The van der Waals surface area contributed by atoms with Crippen LogP contribution in [-0.2, 0) is 19.6 Å². The molecule has 0 radical (unpaired) electrons. The molecule has 1 amide bonds. The summed E-state index contributed by atoms with van der Waals surface area (Å²) in [6.45, 7) is 5.86. The van der Waals surface area contributed by atoms with Crippen LogP contribution in [-0.4, -0.2) is 73.3 Å². The number of hydrogen-bond acceptors (Lipinski definition) is 7. The molecule has 0 saturated carbocycles. The lowest BCUT2D eigenvalue weighted by Crippen LogP contribution is -2.39. The van der Waals surface area contributed by atoms with E-state index < -0.39 is 27.5 Å². The molecular weight excluding hydrogens is 396 g/mol. The number of thiophene rings is 1. The third kappa shape index (κ3) is 5.21. The Bertz CT molecular complexity index is 761. The minimum atomic E-state index is -3.72. The van der Waals surface area contributed by atoms with Crippen molar-refractivity contribution >= 4 is 45.0 Å². The Morgan fingerprint density at radius 2 is 1.88 bits per heavy atom. The Morgan fingerprint density at radius 3 is 2.46 bits per heavy atom. The van der Waals surface area contributed by atoms with Gasteiger partial charge in [0.15, 0.2) is 0 Å². The van der Waals surface area contributed by atoms with Gasteiger partial charge in [-0.05, 0) is 32.2 Å². The molecule has 0 spiro atoms. The van der Waals surface area contributed by atoms with Crippen LogP contribution in [0.5, 0.6) is 0 Å². The van der Waals surface area contributed by atoms with Gasteiger partial charge in [0.1, 0.15) is 21.9 Å². The highest BCUT2D eigenvalue weighted by atomic mass is 32.2. The predicted octanol–water partition coefficient (Wildman–Crippen LogP) is 1.90. The van der Waals surface area contributed by atoms with Crippen molar-refractivity contribution in [2.45, 2.75) is 31.3 Å². The fourth-order valence-electron chi connectivity index (χ4n) is 2.40. The molecule has 10 heteroatoms. The van der Waals surface area contributed by atoms with E-state index in [1.165, 1.54) is 22.3 Å². The number of carbonyl (C=O) groups excluding carboxylic acids is 2. The topological polar surface area (TPSA) is 84.0 Å². The second-order valence-electron chi connectivity index (χ2n) is 6.88. The Kier molecular flexibility index (Phi) is 6.75. The van der Waals surface area contributed by atoms with E-state index in [4.69, 9.17) is 4.74 Å². The molecule has 1 fully saturated rings. The summed E-state index contributed by atoms with van der Waals surface area (Å²) in [7, 11) is -2.26. The van der Waals surface area contributed by atoms with Gasteiger partial charge in [-0.1, -0.05) is 0 Å². The van der Waals surface area contributed by atoms with Crippen LogP contribution in [0.1, 0.15) is 30.4 Å². The zero-order valence-electron chi connectivity index (χ0n) is 15.4. The average Bonchev–Trinajstić information content (AvgIpc) is 3.03. The molecule has 0 unspecified atom stereocenters. The fraction of sp³-hybridized carbons (Fsp3) is 0.625. The SMILES string of the molecule is CN(CC(=O)OC(C)(C)C)C(=O)c1sccc1S(=O)(=O)N1CCSCC1. The van der Waals surface area contributed by atoms with Gasteiger partial charge >= 0.3 is 5.97 Å². The van der Waals surface area contributed by atoms with Crippen LogP contribution < -0.4 is 0 Å². The van der Waals surface area contributed by atoms with Crippen LogP contribution in [0.2, 0.25) is 0 Å². The number of hydrogen-bond donors (Lipinski definition) is 0. The van der Waals surface area contributed by atoms with Gasteiger partial charge < -0.3 is 9.64 Å². The van der Waals surface area contributed by atoms with E-state index >= 15 is 0 Å². The highest BCUT2D eigenvalue weighted by Gasteiger charge is 2.32. The molecule has 146 valence electrons. The molecule has 0 aliphatic carbocycles. The Hall–Kier alpha value is -1.10.